The second-order valence-corrected chi connectivity index (χ2v) is 9.17. The summed E-state index contributed by atoms with van der Waals surface area (Å²) in [5.74, 6) is -4.30. The van der Waals surface area contributed by atoms with Crippen LogP contribution in [-0.4, -0.2) is 26.3 Å². The Hall–Kier alpha value is -4.68. The maximum Gasteiger partial charge on any atom is 0.434 e. The van der Waals surface area contributed by atoms with Gasteiger partial charge in [0, 0.05) is 24.0 Å². The van der Waals surface area contributed by atoms with E-state index >= 15 is 0 Å². The zero-order valence-electron chi connectivity index (χ0n) is 21.4. The van der Waals surface area contributed by atoms with Crippen molar-refractivity contribution in [1.82, 2.24) is 19.9 Å². The average molecular weight is 576 g/mol. The minimum absolute atomic E-state index is 0.0792. The van der Waals surface area contributed by atoms with Gasteiger partial charge in [-0.25, -0.2) is 18.2 Å². The Kier molecular flexibility index (Phi) is 8.45. The molecule has 0 aliphatic heterocycles. The molecule has 2 aromatic heterocycles. The van der Waals surface area contributed by atoms with Crippen molar-refractivity contribution in [1.29, 1.82) is 0 Å². The zero-order valence-corrected chi connectivity index (χ0v) is 21.4. The molecule has 0 aliphatic rings. The first-order valence-corrected chi connectivity index (χ1v) is 12.3. The summed E-state index contributed by atoms with van der Waals surface area (Å²) >= 11 is 0. The Balaban J connectivity index is 1.77. The molecular formula is C28H23F6N5O2. The van der Waals surface area contributed by atoms with E-state index in [9.17, 15) is 35.9 Å². The average Bonchev–Trinajstić information content (AvgIpc) is 3.39. The van der Waals surface area contributed by atoms with E-state index in [0.717, 1.165) is 29.1 Å². The van der Waals surface area contributed by atoms with Gasteiger partial charge in [0.25, 0.3) is 5.91 Å². The molecular weight excluding hydrogens is 552 g/mol. The smallest absolute Gasteiger partial charge is 0.366 e. The fraction of sp³-hybridized carbons (Fsp3) is 0.214. The van der Waals surface area contributed by atoms with Crippen molar-refractivity contribution in [2.45, 2.75) is 38.0 Å². The SMILES string of the molecule is CCC(C(=O)N[C@@H](Cc1cc(F)cc(F)c1)c1ncccc1-c1ccc(F)c(C(N)=O)c1)n1cnc(C(F)(F)F)c1. The Morgan fingerprint density at radius 1 is 1.02 bits per heavy atom. The van der Waals surface area contributed by atoms with Crippen LogP contribution in [0.3, 0.4) is 0 Å². The molecule has 13 heteroatoms. The van der Waals surface area contributed by atoms with Crippen LogP contribution in [0.1, 0.15) is 52.7 Å². The number of halogens is 6. The van der Waals surface area contributed by atoms with Gasteiger partial charge in [0.05, 0.1) is 23.6 Å². The predicted molar refractivity (Wildman–Crippen MR) is 136 cm³/mol. The number of primary amides is 1. The molecule has 2 atom stereocenters. The number of alkyl halides is 3. The van der Waals surface area contributed by atoms with Crippen molar-refractivity contribution in [3.8, 4) is 11.1 Å². The summed E-state index contributed by atoms with van der Waals surface area (Å²) in [5, 5.41) is 2.74. The molecule has 2 heterocycles. The van der Waals surface area contributed by atoms with Gasteiger partial charge in [0.15, 0.2) is 5.69 Å². The number of nitrogens with one attached hydrogen (secondary N) is 1. The summed E-state index contributed by atoms with van der Waals surface area (Å²) in [4.78, 5) is 32.9. The van der Waals surface area contributed by atoms with Gasteiger partial charge in [-0.1, -0.05) is 19.1 Å². The van der Waals surface area contributed by atoms with Crippen LogP contribution >= 0.6 is 0 Å². The molecule has 7 nitrogen and oxygen atoms in total. The molecule has 0 saturated carbocycles. The number of nitrogens with zero attached hydrogens (tertiary/aromatic N) is 3. The number of pyridine rings is 1. The molecule has 214 valence electrons. The molecule has 0 fully saturated rings. The Labute approximate surface area is 230 Å². The lowest BCUT2D eigenvalue weighted by atomic mass is 9.94. The minimum Gasteiger partial charge on any atom is -0.366 e. The quantitative estimate of drug-likeness (QED) is 0.256. The second kappa shape index (κ2) is 11.8. The summed E-state index contributed by atoms with van der Waals surface area (Å²) in [6.45, 7) is 1.59. The highest BCUT2D eigenvalue weighted by Gasteiger charge is 2.35. The highest BCUT2D eigenvalue weighted by Crippen LogP contribution is 2.32. The van der Waals surface area contributed by atoms with E-state index in [1.165, 1.54) is 18.3 Å². The third-order valence-corrected chi connectivity index (χ3v) is 6.33. The number of carbonyl (C=O) groups is 2. The number of rotatable bonds is 9. The second-order valence-electron chi connectivity index (χ2n) is 9.17. The van der Waals surface area contributed by atoms with Gasteiger partial charge in [-0.3, -0.25) is 14.6 Å². The first kappa shape index (κ1) is 29.3. The van der Waals surface area contributed by atoms with Crippen molar-refractivity contribution in [3.63, 3.8) is 0 Å². The summed E-state index contributed by atoms with van der Waals surface area (Å²) < 4.78 is 82.6. The van der Waals surface area contributed by atoms with Crippen LogP contribution in [0.4, 0.5) is 26.3 Å². The Morgan fingerprint density at radius 2 is 1.73 bits per heavy atom. The van der Waals surface area contributed by atoms with E-state index in [1.54, 1.807) is 19.1 Å². The molecule has 2 aromatic carbocycles. The van der Waals surface area contributed by atoms with Crippen LogP contribution < -0.4 is 11.1 Å². The summed E-state index contributed by atoms with van der Waals surface area (Å²) in [5.41, 5.74) is 4.70. The van der Waals surface area contributed by atoms with E-state index < -0.39 is 58.8 Å². The maximum atomic E-state index is 14.2. The van der Waals surface area contributed by atoms with E-state index in [2.05, 4.69) is 15.3 Å². The molecule has 0 radical (unpaired) electrons. The lowest BCUT2D eigenvalue weighted by molar-refractivity contribution is -0.141. The Bertz CT molecular complexity index is 1570. The van der Waals surface area contributed by atoms with Crippen LogP contribution in [0.15, 0.2) is 67.3 Å². The highest BCUT2D eigenvalue weighted by atomic mass is 19.4. The molecule has 3 N–H and O–H groups in total. The number of amides is 2. The van der Waals surface area contributed by atoms with Gasteiger partial charge in [-0.2, -0.15) is 13.2 Å². The van der Waals surface area contributed by atoms with Crippen molar-refractivity contribution in [2.75, 3.05) is 0 Å². The third-order valence-electron chi connectivity index (χ3n) is 6.33. The maximum absolute atomic E-state index is 14.2. The van der Waals surface area contributed by atoms with Crippen LogP contribution in [0.2, 0.25) is 0 Å². The zero-order chi connectivity index (χ0) is 29.9. The van der Waals surface area contributed by atoms with E-state index in [1.807, 2.05) is 0 Å². The first-order chi connectivity index (χ1) is 19.4. The van der Waals surface area contributed by atoms with Gasteiger partial charge in [-0.05, 0) is 54.3 Å². The largest absolute Gasteiger partial charge is 0.434 e. The number of carbonyl (C=O) groups excluding carboxylic acids is 2. The Morgan fingerprint density at radius 3 is 2.34 bits per heavy atom. The number of benzene rings is 2. The molecule has 2 amide bonds. The standard InChI is InChI=1S/C28H23F6N5O2/c1-2-23(39-13-24(37-14-39)28(32,33)34)27(41)38-22(10-15-8-17(29)12-18(30)9-15)25-19(4-3-7-36-25)16-5-6-21(31)20(11-16)26(35)40/h3-9,11-14,22-23H,2,10H2,1H3,(H2,35,40)(H,38,41)/t22-,23?/m0/s1. The monoisotopic (exact) mass is 575 g/mol. The summed E-state index contributed by atoms with van der Waals surface area (Å²) in [6, 6.07) is 7.35. The molecule has 4 rings (SSSR count). The predicted octanol–water partition coefficient (Wildman–Crippen LogP) is 5.53. The summed E-state index contributed by atoms with van der Waals surface area (Å²) in [7, 11) is 0. The molecule has 0 aliphatic carbocycles. The van der Waals surface area contributed by atoms with Crippen molar-refractivity contribution in [3.05, 3.63) is 107 Å². The van der Waals surface area contributed by atoms with Gasteiger partial charge in [0.2, 0.25) is 5.91 Å². The number of nitrogens with two attached hydrogens (primary N) is 1. The number of aromatic nitrogens is 3. The fourth-order valence-electron chi connectivity index (χ4n) is 4.45. The number of hydrogen-bond donors (Lipinski definition) is 2. The van der Waals surface area contributed by atoms with Crippen LogP contribution in [-0.2, 0) is 17.4 Å². The van der Waals surface area contributed by atoms with E-state index in [0.29, 0.717) is 23.4 Å². The van der Waals surface area contributed by atoms with Gasteiger partial charge in [-0.15, -0.1) is 0 Å². The van der Waals surface area contributed by atoms with Crippen LogP contribution in [0, 0.1) is 17.5 Å². The van der Waals surface area contributed by atoms with Gasteiger partial charge in [0.1, 0.15) is 23.5 Å². The number of hydrogen-bond acceptors (Lipinski definition) is 4. The van der Waals surface area contributed by atoms with Crippen molar-refractivity contribution < 1.29 is 35.9 Å². The van der Waals surface area contributed by atoms with Crippen LogP contribution in [0.25, 0.3) is 11.1 Å². The van der Waals surface area contributed by atoms with Gasteiger partial charge >= 0.3 is 6.18 Å². The number of imidazole rings is 1. The van der Waals surface area contributed by atoms with Gasteiger partial charge < -0.3 is 15.6 Å². The van der Waals surface area contributed by atoms with Crippen molar-refractivity contribution >= 4 is 11.8 Å². The normalized spacial score (nSPS) is 13.0. The van der Waals surface area contributed by atoms with E-state index in [4.69, 9.17) is 5.73 Å². The molecule has 41 heavy (non-hydrogen) atoms. The third kappa shape index (κ3) is 6.73. The minimum atomic E-state index is -4.72. The molecule has 0 spiro atoms. The first-order valence-electron chi connectivity index (χ1n) is 12.3. The van der Waals surface area contributed by atoms with Crippen LogP contribution in [0.5, 0.6) is 0 Å². The lowest BCUT2D eigenvalue weighted by Gasteiger charge is -2.25. The van der Waals surface area contributed by atoms with Crippen molar-refractivity contribution in [2.24, 2.45) is 5.73 Å². The highest BCUT2D eigenvalue weighted by molar-refractivity contribution is 5.94. The molecule has 0 bridgehead atoms. The molecule has 1 unspecified atom stereocenters. The molecule has 0 saturated heterocycles. The summed E-state index contributed by atoms with van der Waals surface area (Å²) in [6.07, 6.45) is -1.82. The lowest BCUT2D eigenvalue weighted by Crippen LogP contribution is -2.36. The van der Waals surface area contributed by atoms with E-state index in [-0.39, 0.29) is 24.1 Å². The molecule has 4 aromatic rings. The fourth-order valence-corrected chi connectivity index (χ4v) is 4.45. The topological polar surface area (TPSA) is 103 Å².